The van der Waals surface area contributed by atoms with Gasteiger partial charge in [-0.25, -0.2) is 19.2 Å². The minimum Gasteiger partial charge on any atom is -0.479 e. The van der Waals surface area contributed by atoms with Crippen molar-refractivity contribution in [2.24, 2.45) is 0 Å². The summed E-state index contributed by atoms with van der Waals surface area (Å²) < 4.78 is 61.3. The van der Waals surface area contributed by atoms with Gasteiger partial charge in [0.1, 0.15) is 5.82 Å². The molecule has 2 aromatic rings. The first-order valence-electron chi connectivity index (χ1n) is 6.73. The Kier molecular flexibility index (Phi) is 5.21. The lowest BCUT2D eigenvalue weighted by molar-refractivity contribution is -0.206. The summed E-state index contributed by atoms with van der Waals surface area (Å²) in [6, 6.07) is 2.34. The Morgan fingerprint density at radius 3 is 2.52 bits per heavy atom. The molecule has 0 radical (unpaired) electrons. The van der Waals surface area contributed by atoms with Gasteiger partial charge in [0.15, 0.2) is 6.10 Å². The second kappa shape index (κ2) is 7.01. The molecule has 134 valence electrons. The lowest BCUT2D eigenvalue weighted by atomic mass is 10.0. The molecule has 0 aliphatic heterocycles. The molecule has 0 aliphatic rings. The van der Waals surface area contributed by atoms with Crippen LogP contribution in [-0.4, -0.2) is 41.4 Å². The highest BCUT2D eigenvalue weighted by Gasteiger charge is 2.39. The van der Waals surface area contributed by atoms with Crippen molar-refractivity contribution >= 4 is 5.97 Å². The Morgan fingerprint density at radius 2 is 1.96 bits per heavy atom. The topological polar surface area (TPSA) is 81.5 Å². The van der Waals surface area contributed by atoms with Gasteiger partial charge in [-0.15, -0.1) is 0 Å². The Balaban J connectivity index is 2.56. The first kappa shape index (κ1) is 18.6. The standard InChI is InChI=1S/C15H12F4N2O4/c1-24-13-11(14(23)25-2)21-10(6-20-13)8-5-7(3-4-9(8)16)12(22)15(17,18)19/h3-6,12,22H,1-2H3/t12-/m0/s1. The summed E-state index contributed by atoms with van der Waals surface area (Å²) in [6.45, 7) is 0. The molecular weight excluding hydrogens is 348 g/mol. The molecule has 1 heterocycles. The maximum Gasteiger partial charge on any atom is 0.418 e. The smallest absolute Gasteiger partial charge is 0.418 e. The van der Waals surface area contributed by atoms with Crippen molar-refractivity contribution in [1.82, 2.24) is 9.97 Å². The number of halogens is 4. The normalized spacial score (nSPS) is 12.6. The first-order valence-corrected chi connectivity index (χ1v) is 6.73. The molecule has 1 atom stereocenters. The monoisotopic (exact) mass is 360 g/mol. The highest BCUT2D eigenvalue weighted by molar-refractivity contribution is 5.90. The maximum atomic E-state index is 14.0. The number of carbonyl (C=O) groups is 1. The molecule has 25 heavy (non-hydrogen) atoms. The van der Waals surface area contributed by atoms with Crippen molar-refractivity contribution in [3.05, 3.63) is 41.5 Å². The van der Waals surface area contributed by atoms with E-state index in [0.717, 1.165) is 31.5 Å². The van der Waals surface area contributed by atoms with Gasteiger partial charge in [-0.1, -0.05) is 6.07 Å². The molecule has 0 aliphatic carbocycles. The third kappa shape index (κ3) is 3.85. The van der Waals surface area contributed by atoms with E-state index in [-0.39, 0.29) is 22.8 Å². The first-order chi connectivity index (χ1) is 11.7. The predicted octanol–water partition coefficient (Wildman–Crippen LogP) is 2.67. The third-order valence-electron chi connectivity index (χ3n) is 3.20. The number of aromatic nitrogens is 2. The number of nitrogens with zero attached hydrogens (tertiary/aromatic N) is 2. The minimum atomic E-state index is -4.92. The predicted molar refractivity (Wildman–Crippen MR) is 76.3 cm³/mol. The van der Waals surface area contributed by atoms with Crippen LogP contribution in [0.2, 0.25) is 0 Å². The molecule has 0 fully saturated rings. The quantitative estimate of drug-likeness (QED) is 0.667. The highest BCUT2D eigenvalue weighted by atomic mass is 19.4. The van der Waals surface area contributed by atoms with Gasteiger partial charge in [-0.2, -0.15) is 13.2 Å². The lowest BCUT2D eigenvalue weighted by Crippen LogP contribution is -2.20. The van der Waals surface area contributed by atoms with Crippen molar-refractivity contribution in [2.45, 2.75) is 12.3 Å². The number of hydrogen-bond donors (Lipinski definition) is 1. The average molecular weight is 360 g/mol. The van der Waals surface area contributed by atoms with E-state index in [0.29, 0.717) is 0 Å². The summed E-state index contributed by atoms with van der Waals surface area (Å²) in [7, 11) is 2.30. The molecule has 2 rings (SSSR count). The molecule has 0 bridgehead atoms. The van der Waals surface area contributed by atoms with Crippen molar-refractivity contribution < 1.29 is 36.9 Å². The number of hydrogen-bond acceptors (Lipinski definition) is 6. The SMILES string of the molecule is COC(=O)c1nc(-c2cc([C@H](O)C(F)(F)F)ccc2F)cnc1OC. The number of carbonyl (C=O) groups excluding carboxylic acids is 1. The number of aliphatic hydroxyl groups excluding tert-OH is 1. The van der Waals surface area contributed by atoms with Crippen LogP contribution < -0.4 is 4.74 Å². The van der Waals surface area contributed by atoms with Crippen molar-refractivity contribution in [3.63, 3.8) is 0 Å². The summed E-state index contributed by atoms with van der Waals surface area (Å²) in [5, 5.41) is 9.30. The number of rotatable bonds is 4. The number of aliphatic hydroxyl groups is 1. The molecule has 0 saturated carbocycles. The fourth-order valence-corrected chi connectivity index (χ4v) is 1.99. The maximum absolute atomic E-state index is 14.0. The van der Waals surface area contributed by atoms with Gasteiger partial charge in [0.2, 0.25) is 11.6 Å². The molecule has 1 N–H and O–H groups in total. The number of methoxy groups -OCH3 is 2. The molecule has 0 amide bonds. The van der Waals surface area contributed by atoms with Gasteiger partial charge in [0.25, 0.3) is 0 Å². The summed E-state index contributed by atoms with van der Waals surface area (Å²) in [5.74, 6) is -2.02. The van der Waals surface area contributed by atoms with Crippen molar-refractivity contribution in [1.29, 1.82) is 0 Å². The zero-order valence-electron chi connectivity index (χ0n) is 13.0. The molecule has 0 saturated heterocycles. The Labute approximate surface area is 139 Å². The van der Waals surface area contributed by atoms with Crippen LogP contribution in [0.3, 0.4) is 0 Å². The summed E-state index contributed by atoms with van der Waals surface area (Å²) in [6.07, 6.45) is -6.69. The van der Waals surface area contributed by atoms with Crippen molar-refractivity contribution in [3.8, 4) is 17.1 Å². The van der Waals surface area contributed by atoms with E-state index in [2.05, 4.69) is 14.7 Å². The zero-order valence-corrected chi connectivity index (χ0v) is 13.0. The zero-order chi connectivity index (χ0) is 18.8. The van der Waals surface area contributed by atoms with E-state index < -0.39 is 29.6 Å². The van der Waals surface area contributed by atoms with Gasteiger partial charge in [0.05, 0.1) is 26.1 Å². The summed E-state index contributed by atoms with van der Waals surface area (Å²) >= 11 is 0. The fraction of sp³-hybridized carbons (Fsp3) is 0.267. The highest BCUT2D eigenvalue weighted by Crippen LogP contribution is 2.35. The Bertz CT molecular complexity index is 796. The van der Waals surface area contributed by atoms with Gasteiger partial charge in [-0.05, 0) is 17.7 Å². The van der Waals surface area contributed by atoms with E-state index in [9.17, 15) is 27.5 Å². The van der Waals surface area contributed by atoms with Crippen LogP contribution in [0.15, 0.2) is 24.4 Å². The van der Waals surface area contributed by atoms with Crippen LogP contribution in [0.1, 0.15) is 22.2 Å². The van der Waals surface area contributed by atoms with Gasteiger partial charge in [0, 0.05) is 5.56 Å². The summed E-state index contributed by atoms with van der Waals surface area (Å²) in [4.78, 5) is 19.3. The number of benzene rings is 1. The fourth-order valence-electron chi connectivity index (χ4n) is 1.99. The second-order valence-corrected chi connectivity index (χ2v) is 4.79. The summed E-state index contributed by atoms with van der Waals surface area (Å²) in [5.41, 5.74) is -1.55. The van der Waals surface area contributed by atoms with Crippen molar-refractivity contribution in [2.75, 3.05) is 14.2 Å². The molecule has 1 aromatic carbocycles. The Morgan fingerprint density at radius 1 is 1.28 bits per heavy atom. The van der Waals surface area contributed by atoms with E-state index in [1.165, 1.54) is 7.11 Å². The number of ether oxygens (including phenoxy) is 2. The molecule has 0 spiro atoms. The third-order valence-corrected chi connectivity index (χ3v) is 3.20. The molecule has 6 nitrogen and oxygen atoms in total. The number of esters is 1. The Hall–Kier alpha value is -2.75. The minimum absolute atomic E-state index is 0.192. The van der Waals surface area contributed by atoms with Gasteiger partial charge >= 0.3 is 12.1 Å². The van der Waals surface area contributed by atoms with E-state index >= 15 is 0 Å². The van der Waals surface area contributed by atoms with Crippen LogP contribution in [0.4, 0.5) is 17.6 Å². The van der Waals surface area contributed by atoms with Gasteiger partial charge in [-0.3, -0.25) is 0 Å². The molecule has 0 unspecified atom stereocenters. The van der Waals surface area contributed by atoms with Crippen LogP contribution in [-0.2, 0) is 4.74 Å². The number of alkyl halides is 3. The second-order valence-electron chi connectivity index (χ2n) is 4.79. The molecular formula is C15H12F4N2O4. The van der Waals surface area contributed by atoms with Gasteiger partial charge < -0.3 is 14.6 Å². The van der Waals surface area contributed by atoms with Crippen LogP contribution in [0.5, 0.6) is 5.88 Å². The van der Waals surface area contributed by atoms with E-state index in [4.69, 9.17) is 4.74 Å². The van der Waals surface area contributed by atoms with E-state index in [1.807, 2.05) is 0 Å². The lowest BCUT2D eigenvalue weighted by Gasteiger charge is -2.16. The molecule has 10 heteroatoms. The van der Waals surface area contributed by atoms with Crippen LogP contribution in [0, 0.1) is 5.82 Å². The largest absolute Gasteiger partial charge is 0.479 e. The van der Waals surface area contributed by atoms with E-state index in [1.54, 1.807) is 0 Å². The average Bonchev–Trinajstić information content (AvgIpc) is 2.59. The van der Waals surface area contributed by atoms with Crippen LogP contribution in [0.25, 0.3) is 11.3 Å². The molecule has 1 aromatic heterocycles. The van der Waals surface area contributed by atoms with Crippen LogP contribution >= 0.6 is 0 Å².